The zero-order chi connectivity index (χ0) is 13.0. The number of nitrogens with zero attached hydrogens (tertiary/aromatic N) is 1. The van der Waals surface area contributed by atoms with Crippen LogP contribution in [-0.2, 0) is 9.53 Å². The molecule has 1 saturated heterocycles. The summed E-state index contributed by atoms with van der Waals surface area (Å²) in [6.45, 7) is 1.08. The second-order valence-corrected chi connectivity index (χ2v) is 5.04. The second kappa shape index (κ2) is 6.04. The molecule has 2 N–H and O–H groups in total. The lowest BCUT2D eigenvalue weighted by Gasteiger charge is -2.30. The highest BCUT2D eigenvalue weighted by Gasteiger charge is 2.24. The summed E-state index contributed by atoms with van der Waals surface area (Å²) in [6.07, 6.45) is 4.43. The summed E-state index contributed by atoms with van der Waals surface area (Å²) in [5.74, 6) is -0.0124. The van der Waals surface area contributed by atoms with Gasteiger partial charge in [0.2, 0.25) is 5.91 Å². The third kappa shape index (κ3) is 3.60. The molecular weight excluding hydrogens is 234 g/mol. The van der Waals surface area contributed by atoms with Crippen LogP contribution in [0, 0.1) is 0 Å². The summed E-state index contributed by atoms with van der Waals surface area (Å²) in [4.78, 5) is 24.5. The average Bonchev–Trinajstić information content (AvgIpc) is 2.83. The van der Waals surface area contributed by atoms with Crippen LogP contribution in [0.2, 0.25) is 0 Å². The van der Waals surface area contributed by atoms with E-state index in [4.69, 9.17) is 4.74 Å². The van der Waals surface area contributed by atoms with Gasteiger partial charge in [0.05, 0.1) is 6.10 Å². The first kappa shape index (κ1) is 13.1. The van der Waals surface area contributed by atoms with Crippen molar-refractivity contribution in [1.29, 1.82) is 0 Å². The molecule has 0 bridgehead atoms. The predicted octanol–water partition coefficient (Wildman–Crippen LogP) is 0.0854. The van der Waals surface area contributed by atoms with Gasteiger partial charge in [-0.2, -0.15) is 0 Å². The molecule has 0 aromatic carbocycles. The molecule has 2 fully saturated rings. The number of hydrogen-bond acceptors (Lipinski definition) is 3. The normalized spacial score (nSPS) is 25.3. The molecule has 1 atom stereocenters. The largest absolute Gasteiger partial charge is 0.365 e. The molecule has 3 amide bonds. The van der Waals surface area contributed by atoms with E-state index in [1.165, 1.54) is 12.8 Å². The van der Waals surface area contributed by atoms with Gasteiger partial charge in [0.25, 0.3) is 0 Å². The van der Waals surface area contributed by atoms with Crippen LogP contribution in [0.1, 0.15) is 25.7 Å². The molecule has 6 heteroatoms. The monoisotopic (exact) mass is 255 g/mol. The van der Waals surface area contributed by atoms with E-state index in [1.54, 1.807) is 11.9 Å². The zero-order valence-electron chi connectivity index (χ0n) is 10.8. The topological polar surface area (TPSA) is 70.7 Å². The van der Waals surface area contributed by atoms with E-state index in [9.17, 15) is 9.59 Å². The molecule has 102 valence electrons. The Bertz CT molecular complexity index is 316. The number of morpholine rings is 1. The standard InChI is InChI=1S/C12H21N3O3/c1-15-7-10(18-8-11(15)16)6-13-12(17)14-9-4-2-3-5-9/h9-10H,2-8H2,1H3,(H2,13,14,17). The molecule has 1 heterocycles. The van der Waals surface area contributed by atoms with Crippen molar-refractivity contribution in [2.24, 2.45) is 0 Å². The molecular formula is C12H21N3O3. The summed E-state index contributed by atoms with van der Waals surface area (Å²) in [7, 11) is 1.75. The molecule has 0 aromatic rings. The third-order valence-corrected chi connectivity index (χ3v) is 3.53. The number of carbonyl (C=O) groups excluding carboxylic acids is 2. The van der Waals surface area contributed by atoms with Crippen molar-refractivity contribution >= 4 is 11.9 Å². The van der Waals surface area contributed by atoms with E-state index in [-0.39, 0.29) is 24.6 Å². The fraction of sp³-hybridized carbons (Fsp3) is 0.833. The van der Waals surface area contributed by atoms with Crippen molar-refractivity contribution < 1.29 is 14.3 Å². The van der Waals surface area contributed by atoms with Crippen LogP contribution in [0.5, 0.6) is 0 Å². The lowest BCUT2D eigenvalue weighted by atomic mass is 10.2. The highest BCUT2D eigenvalue weighted by molar-refractivity contribution is 5.78. The van der Waals surface area contributed by atoms with Crippen LogP contribution < -0.4 is 10.6 Å². The number of nitrogens with one attached hydrogen (secondary N) is 2. The molecule has 1 aliphatic heterocycles. The molecule has 6 nitrogen and oxygen atoms in total. The maximum absolute atomic E-state index is 11.6. The van der Waals surface area contributed by atoms with Crippen molar-refractivity contribution in [3.63, 3.8) is 0 Å². The van der Waals surface area contributed by atoms with E-state index in [2.05, 4.69) is 10.6 Å². The van der Waals surface area contributed by atoms with Crippen LogP contribution in [0.25, 0.3) is 0 Å². The number of carbonyl (C=O) groups is 2. The van der Waals surface area contributed by atoms with E-state index in [0.29, 0.717) is 19.1 Å². The lowest BCUT2D eigenvalue weighted by Crippen LogP contribution is -2.50. The van der Waals surface area contributed by atoms with E-state index in [0.717, 1.165) is 12.8 Å². The quantitative estimate of drug-likeness (QED) is 0.750. The molecule has 1 saturated carbocycles. The van der Waals surface area contributed by atoms with Gasteiger partial charge in [0, 0.05) is 26.2 Å². The number of likely N-dealkylation sites (N-methyl/N-ethyl adjacent to an activating group) is 1. The zero-order valence-corrected chi connectivity index (χ0v) is 10.8. The maximum Gasteiger partial charge on any atom is 0.315 e. The van der Waals surface area contributed by atoms with Crippen molar-refractivity contribution in [2.45, 2.75) is 37.8 Å². The highest BCUT2D eigenvalue weighted by atomic mass is 16.5. The van der Waals surface area contributed by atoms with Crippen molar-refractivity contribution in [1.82, 2.24) is 15.5 Å². The van der Waals surface area contributed by atoms with Gasteiger partial charge in [-0.25, -0.2) is 4.79 Å². The molecule has 0 radical (unpaired) electrons. The smallest absolute Gasteiger partial charge is 0.315 e. The van der Waals surface area contributed by atoms with Gasteiger partial charge >= 0.3 is 6.03 Å². The molecule has 18 heavy (non-hydrogen) atoms. The predicted molar refractivity (Wildman–Crippen MR) is 66.2 cm³/mol. The van der Waals surface area contributed by atoms with Crippen molar-refractivity contribution in [3.8, 4) is 0 Å². The molecule has 0 aromatic heterocycles. The second-order valence-electron chi connectivity index (χ2n) is 5.04. The Hall–Kier alpha value is -1.30. The van der Waals surface area contributed by atoms with Crippen LogP contribution in [0.3, 0.4) is 0 Å². The number of urea groups is 1. The fourth-order valence-electron chi connectivity index (χ4n) is 2.40. The fourth-order valence-corrected chi connectivity index (χ4v) is 2.40. The van der Waals surface area contributed by atoms with Crippen LogP contribution in [0.15, 0.2) is 0 Å². The summed E-state index contributed by atoms with van der Waals surface area (Å²) in [5, 5.41) is 5.75. The van der Waals surface area contributed by atoms with E-state index >= 15 is 0 Å². The Morgan fingerprint density at radius 2 is 2.17 bits per heavy atom. The minimum Gasteiger partial charge on any atom is -0.365 e. The van der Waals surface area contributed by atoms with Crippen molar-refractivity contribution in [3.05, 3.63) is 0 Å². The third-order valence-electron chi connectivity index (χ3n) is 3.53. The van der Waals surface area contributed by atoms with Gasteiger partial charge in [-0.05, 0) is 12.8 Å². The maximum atomic E-state index is 11.6. The van der Waals surface area contributed by atoms with E-state index in [1.807, 2.05) is 0 Å². The first-order valence-electron chi connectivity index (χ1n) is 6.55. The summed E-state index contributed by atoms with van der Waals surface area (Å²) < 4.78 is 5.35. The van der Waals surface area contributed by atoms with Gasteiger partial charge in [0.1, 0.15) is 6.61 Å². The summed E-state index contributed by atoms with van der Waals surface area (Å²) in [5.41, 5.74) is 0. The Kier molecular flexibility index (Phi) is 4.41. The molecule has 2 aliphatic rings. The van der Waals surface area contributed by atoms with Crippen LogP contribution >= 0.6 is 0 Å². The first-order chi connectivity index (χ1) is 8.65. The number of hydrogen-bond donors (Lipinski definition) is 2. The molecule has 1 unspecified atom stereocenters. The van der Waals surface area contributed by atoms with Crippen molar-refractivity contribution in [2.75, 3.05) is 26.7 Å². The average molecular weight is 255 g/mol. The highest BCUT2D eigenvalue weighted by Crippen LogP contribution is 2.17. The lowest BCUT2D eigenvalue weighted by molar-refractivity contribution is -0.146. The SMILES string of the molecule is CN1CC(CNC(=O)NC2CCCC2)OCC1=O. The summed E-state index contributed by atoms with van der Waals surface area (Å²) in [6, 6.07) is 0.187. The molecule has 1 aliphatic carbocycles. The minimum absolute atomic E-state index is 0.0124. The first-order valence-corrected chi connectivity index (χ1v) is 6.55. The Morgan fingerprint density at radius 3 is 2.83 bits per heavy atom. The molecule has 0 spiro atoms. The van der Waals surface area contributed by atoms with Crippen LogP contribution in [0.4, 0.5) is 4.79 Å². The number of amides is 3. The summed E-state index contributed by atoms with van der Waals surface area (Å²) >= 11 is 0. The number of rotatable bonds is 3. The van der Waals surface area contributed by atoms with Gasteiger partial charge in [-0.1, -0.05) is 12.8 Å². The van der Waals surface area contributed by atoms with Gasteiger partial charge < -0.3 is 20.3 Å². The Morgan fingerprint density at radius 1 is 1.44 bits per heavy atom. The van der Waals surface area contributed by atoms with Gasteiger partial charge in [0.15, 0.2) is 0 Å². The van der Waals surface area contributed by atoms with Gasteiger partial charge in [-0.3, -0.25) is 4.79 Å². The Labute approximate surface area is 107 Å². The molecule has 2 rings (SSSR count). The minimum atomic E-state index is -0.134. The Balaban J connectivity index is 1.64. The van der Waals surface area contributed by atoms with Crippen LogP contribution in [-0.4, -0.2) is 55.7 Å². The van der Waals surface area contributed by atoms with E-state index < -0.39 is 0 Å². The van der Waals surface area contributed by atoms with Gasteiger partial charge in [-0.15, -0.1) is 0 Å². The number of ether oxygens (including phenoxy) is 1.